The Labute approximate surface area is 124 Å². The number of benzene rings is 1. The predicted molar refractivity (Wildman–Crippen MR) is 79.9 cm³/mol. The average molecular weight is 299 g/mol. The zero-order valence-electron chi connectivity index (χ0n) is 12.1. The highest BCUT2D eigenvalue weighted by Crippen LogP contribution is 2.21. The molecule has 0 unspecified atom stereocenters. The number of non-ortho nitro benzene ring substituents is 1. The largest absolute Gasteiger partial charge is 0.402 e. The van der Waals surface area contributed by atoms with Gasteiger partial charge in [0, 0.05) is 23.9 Å². The van der Waals surface area contributed by atoms with Gasteiger partial charge in [-0.05, 0) is 25.0 Å². The standard InChI is InChI=1S/C15H13N3O4/c1-9-7-13(19)22-15-14(9)10(2)17(16-15)8-11-3-5-12(6-4-11)18(20)21/h3-7H,8H2,1-2H3. The molecule has 0 amide bonds. The van der Waals surface area contributed by atoms with E-state index in [-0.39, 0.29) is 5.69 Å². The normalized spacial score (nSPS) is 11.0. The molecule has 0 aliphatic heterocycles. The lowest BCUT2D eigenvalue weighted by atomic mass is 10.2. The van der Waals surface area contributed by atoms with E-state index in [1.807, 2.05) is 13.8 Å². The van der Waals surface area contributed by atoms with Crippen LogP contribution in [0.1, 0.15) is 16.8 Å². The van der Waals surface area contributed by atoms with Crippen molar-refractivity contribution in [1.29, 1.82) is 0 Å². The van der Waals surface area contributed by atoms with Crippen LogP contribution in [0.3, 0.4) is 0 Å². The minimum atomic E-state index is -0.435. The summed E-state index contributed by atoms with van der Waals surface area (Å²) < 4.78 is 6.84. The Balaban J connectivity index is 2.00. The van der Waals surface area contributed by atoms with Crippen LogP contribution in [-0.2, 0) is 6.54 Å². The first-order valence-electron chi connectivity index (χ1n) is 6.67. The molecule has 0 radical (unpaired) electrons. The molecule has 0 atom stereocenters. The van der Waals surface area contributed by atoms with Crippen LogP contribution < -0.4 is 5.63 Å². The number of hydrogen-bond acceptors (Lipinski definition) is 5. The first-order valence-corrected chi connectivity index (χ1v) is 6.67. The minimum absolute atomic E-state index is 0.0490. The van der Waals surface area contributed by atoms with Gasteiger partial charge in [0.25, 0.3) is 5.69 Å². The summed E-state index contributed by atoms with van der Waals surface area (Å²) in [7, 11) is 0. The molecular formula is C15H13N3O4. The third-order valence-electron chi connectivity index (χ3n) is 3.58. The number of fused-ring (bicyclic) bond motifs is 1. The van der Waals surface area contributed by atoms with Crippen LogP contribution in [0.2, 0.25) is 0 Å². The Bertz CT molecular complexity index is 922. The van der Waals surface area contributed by atoms with E-state index >= 15 is 0 Å². The molecule has 0 aliphatic rings. The van der Waals surface area contributed by atoms with Crippen LogP contribution >= 0.6 is 0 Å². The monoisotopic (exact) mass is 299 g/mol. The van der Waals surface area contributed by atoms with Gasteiger partial charge in [0.1, 0.15) is 0 Å². The van der Waals surface area contributed by atoms with Crippen molar-refractivity contribution in [3.05, 3.63) is 67.7 Å². The highest BCUT2D eigenvalue weighted by molar-refractivity contribution is 5.79. The molecule has 22 heavy (non-hydrogen) atoms. The topological polar surface area (TPSA) is 91.2 Å². The number of nitro groups is 1. The molecule has 2 heterocycles. The zero-order valence-corrected chi connectivity index (χ0v) is 12.1. The molecule has 7 nitrogen and oxygen atoms in total. The molecule has 0 saturated carbocycles. The van der Waals surface area contributed by atoms with Gasteiger partial charge in [0.2, 0.25) is 5.71 Å². The van der Waals surface area contributed by atoms with Crippen molar-refractivity contribution < 1.29 is 9.34 Å². The maximum Gasteiger partial charge on any atom is 0.337 e. The lowest BCUT2D eigenvalue weighted by Crippen LogP contribution is -2.03. The second-order valence-corrected chi connectivity index (χ2v) is 5.10. The fraction of sp³-hybridized carbons (Fsp3) is 0.200. The van der Waals surface area contributed by atoms with Gasteiger partial charge in [0.05, 0.1) is 16.9 Å². The summed E-state index contributed by atoms with van der Waals surface area (Å²) in [4.78, 5) is 21.6. The van der Waals surface area contributed by atoms with E-state index in [1.54, 1.807) is 16.8 Å². The van der Waals surface area contributed by atoms with Crippen molar-refractivity contribution in [2.24, 2.45) is 0 Å². The number of aromatic nitrogens is 2. The summed E-state index contributed by atoms with van der Waals surface area (Å²) >= 11 is 0. The van der Waals surface area contributed by atoms with Crippen molar-refractivity contribution in [3.63, 3.8) is 0 Å². The second kappa shape index (κ2) is 5.10. The van der Waals surface area contributed by atoms with Crippen molar-refractivity contribution >= 4 is 16.8 Å². The molecule has 3 rings (SSSR count). The van der Waals surface area contributed by atoms with Crippen molar-refractivity contribution in [3.8, 4) is 0 Å². The highest BCUT2D eigenvalue weighted by Gasteiger charge is 2.13. The average Bonchev–Trinajstić information content (AvgIpc) is 2.75. The molecule has 0 N–H and O–H groups in total. The first kappa shape index (κ1) is 14.0. The van der Waals surface area contributed by atoms with Gasteiger partial charge in [-0.15, -0.1) is 5.10 Å². The predicted octanol–water partition coefficient (Wildman–Crippen LogP) is 2.56. The quantitative estimate of drug-likeness (QED) is 0.547. The first-order chi connectivity index (χ1) is 10.5. The lowest BCUT2D eigenvalue weighted by molar-refractivity contribution is -0.384. The van der Waals surface area contributed by atoms with Crippen LogP contribution in [0.25, 0.3) is 11.1 Å². The molecule has 0 saturated heterocycles. The van der Waals surface area contributed by atoms with E-state index in [1.165, 1.54) is 18.2 Å². The van der Waals surface area contributed by atoms with Crippen molar-refractivity contribution in [2.45, 2.75) is 20.4 Å². The fourth-order valence-electron chi connectivity index (χ4n) is 2.47. The number of hydrogen-bond donors (Lipinski definition) is 0. The smallest absolute Gasteiger partial charge is 0.337 e. The van der Waals surface area contributed by atoms with Crippen LogP contribution in [0.5, 0.6) is 0 Å². The zero-order chi connectivity index (χ0) is 15.9. The summed E-state index contributed by atoms with van der Waals surface area (Å²) in [5.41, 5.74) is 2.51. The van der Waals surface area contributed by atoms with Gasteiger partial charge in [-0.1, -0.05) is 12.1 Å². The van der Waals surface area contributed by atoms with Gasteiger partial charge in [-0.2, -0.15) is 0 Å². The molecule has 0 aliphatic carbocycles. The van der Waals surface area contributed by atoms with E-state index in [0.29, 0.717) is 12.3 Å². The molecule has 1 aromatic carbocycles. The summed E-state index contributed by atoms with van der Waals surface area (Å²) in [6.07, 6.45) is 0. The summed E-state index contributed by atoms with van der Waals surface area (Å²) in [6.45, 7) is 4.18. The van der Waals surface area contributed by atoms with Gasteiger partial charge < -0.3 is 4.42 Å². The van der Waals surface area contributed by atoms with E-state index < -0.39 is 10.5 Å². The van der Waals surface area contributed by atoms with Gasteiger partial charge in [-0.3, -0.25) is 14.8 Å². The van der Waals surface area contributed by atoms with Crippen LogP contribution in [0.15, 0.2) is 39.5 Å². The Kier molecular flexibility index (Phi) is 3.25. The molecule has 112 valence electrons. The van der Waals surface area contributed by atoms with E-state index in [2.05, 4.69) is 5.10 Å². The Morgan fingerprint density at radius 2 is 1.95 bits per heavy atom. The SMILES string of the molecule is Cc1cc(=O)oc2nn(Cc3ccc([N+](=O)[O-])cc3)c(C)c12. The Morgan fingerprint density at radius 1 is 1.27 bits per heavy atom. The van der Waals surface area contributed by atoms with Crippen LogP contribution in [0.4, 0.5) is 5.69 Å². The third kappa shape index (κ3) is 2.37. The summed E-state index contributed by atoms with van der Waals surface area (Å²) in [5.74, 6) is 0. The molecule has 2 aromatic heterocycles. The highest BCUT2D eigenvalue weighted by atomic mass is 16.6. The van der Waals surface area contributed by atoms with E-state index in [9.17, 15) is 14.9 Å². The molecule has 0 spiro atoms. The van der Waals surface area contributed by atoms with Crippen LogP contribution in [-0.4, -0.2) is 14.7 Å². The third-order valence-corrected chi connectivity index (χ3v) is 3.58. The van der Waals surface area contributed by atoms with Gasteiger partial charge in [0.15, 0.2) is 0 Å². The van der Waals surface area contributed by atoms with Gasteiger partial charge in [-0.25, -0.2) is 4.79 Å². The molecule has 7 heteroatoms. The Hall–Kier alpha value is -2.96. The van der Waals surface area contributed by atoms with Crippen molar-refractivity contribution in [2.75, 3.05) is 0 Å². The van der Waals surface area contributed by atoms with E-state index in [0.717, 1.165) is 22.2 Å². The molecule has 3 aromatic rings. The number of nitro benzene ring substituents is 1. The van der Waals surface area contributed by atoms with Crippen molar-refractivity contribution in [1.82, 2.24) is 9.78 Å². The molecular weight excluding hydrogens is 286 g/mol. The van der Waals surface area contributed by atoms with Crippen LogP contribution in [0, 0.1) is 24.0 Å². The lowest BCUT2D eigenvalue weighted by Gasteiger charge is -2.04. The fourth-order valence-corrected chi connectivity index (χ4v) is 2.47. The summed E-state index contributed by atoms with van der Waals surface area (Å²) in [6, 6.07) is 7.73. The minimum Gasteiger partial charge on any atom is -0.402 e. The number of aryl methyl sites for hydroxylation is 2. The maximum absolute atomic E-state index is 11.4. The van der Waals surface area contributed by atoms with Gasteiger partial charge >= 0.3 is 5.63 Å². The number of rotatable bonds is 3. The number of nitrogens with zero attached hydrogens (tertiary/aromatic N) is 3. The second-order valence-electron chi connectivity index (χ2n) is 5.10. The molecule has 0 fully saturated rings. The molecule has 0 bridgehead atoms. The summed E-state index contributed by atoms with van der Waals surface area (Å²) in [5, 5.41) is 15.8. The Morgan fingerprint density at radius 3 is 2.59 bits per heavy atom. The van der Waals surface area contributed by atoms with E-state index in [4.69, 9.17) is 4.42 Å². The maximum atomic E-state index is 11.4.